The molecule has 1 heterocycles. The average molecular weight is 250 g/mol. The maximum Gasteiger partial charge on any atom is 0.412 e. The highest BCUT2D eigenvalue weighted by atomic mass is 19.4. The van der Waals surface area contributed by atoms with Crippen LogP contribution in [0.3, 0.4) is 0 Å². The van der Waals surface area contributed by atoms with Gasteiger partial charge in [0.15, 0.2) is 0 Å². The molecular formula is C11H17F3N2O. The van der Waals surface area contributed by atoms with Crippen LogP contribution in [0.2, 0.25) is 0 Å². The van der Waals surface area contributed by atoms with Gasteiger partial charge in [-0.25, -0.2) is 0 Å². The predicted molar refractivity (Wildman–Crippen MR) is 58.5 cm³/mol. The molecular weight excluding hydrogens is 233 g/mol. The lowest BCUT2D eigenvalue weighted by atomic mass is 10.1. The normalized spacial score (nSPS) is 16.9. The number of carbonyl (C=O) groups is 1. The van der Waals surface area contributed by atoms with Crippen molar-refractivity contribution in [2.75, 3.05) is 26.2 Å². The standard InChI is InChI=1S/C11H17F3N2O/c1-2-5-15-8-10(17)16-6-3-9(4-7-16)11(12,13)14/h3,15H,2,4-8H2,1H3. The van der Waals surface area contributed by atoms with Gasteiger partial charge in [0, 0.05) is 18.7 Å². The molecule has 0 aromatic heterocycles. The Morgan fingerprint density at radius 2 is 2.24 bits per heavy atom. The van der Waals surface area contributed by atoms with Gasteiger partial charge in [-0.2, -0.15) is 13.2 Å². The second kappa shape index (κ2) is 6.05. The van der Waals surface area contributed by atoms with Crippen LogP contribution in [0.4, 0.5) is 13.2 Å². The number of rotatable bonds is 4. The second-order valence-electron chi connectivity index (χ2n) is 3.99. The first kappa shape index (κ1) is 14.0. The molecule has 3 nitrogen and oxygen atoms in total. The maximum atomic E-state index is 12.3. The van der Waals surface area contributed by atoms with E-state index in [1.54, 1.807) is 0 Å². The number of amides is 1. The van der Waals surface area contributed by atoms with E-state index in [0.717, 1.165) is 19.0 Å². The minimum atomic E-state index is -4.25. The van der Waals surface area contributed by atoms with Gasteiger partial charge in [-0.3, -0.25) is 4.79 Å². The third-order valence-electron chi connectivity index (χ3n) is 2.63. The molecule has 0 atom stereocenters. The van der Waals surface area contributed by atoms with Crippen LogP contribution in [0.1, 0.15) is 19.8 Å². The van der Waals surface area contributed by atoms with Gasteiger partial charge in [-0.05, 0) is 19.4 Å². The summed E-state index contributed by atoms with van der Waals surface area (Å²) in [6.45, 7) is 3.13. The fourth-order valence-corrected chi connectivity index (χ4v) is 1.64. The zero-order valence-electron chi connectivity index (χ0n) is 9.81. The van der Waals surface area contributed by atoms with E-state index in [1.807, 2.05) is 6.92 Å². The lowest BCUT2D eigenvalue weighted by molar-refractivity contribution is -0.131. The van der Waals surface area contributed by atoms with Crippen molar-refractivity contribution in [2.24, 2.45) is 0 Å². The molecule has 0 spiro atoms. The molecule has 1 aliphatic heterocycles. The van der Waals surface area contributed by atoms with E-state index in [-0.39, 0.29) is 32.0 Å². The van der Waals surface area contributed by atoms with Crippen LogP contribution in [0, 0.1) is 0 Å². The quantitative estimate of drug-likeness (QED) is 0.608. The molecule has 0 saturated heterocycles. The van der Waals surface area contributed by atoms with Crippen LogP contribution in [0.15, 0.2) is 11.6 Å². The molecule has 0 aromatic rings. The molecule has 1 aliphatic rings. The Morgan fingerprint density at radius 1 is 1.53 bits per heavy atom. The van der Waals surface area contributed by atoms with Crippen molar-refractivity contribution < 1.29 is 18.0 Å². The zero-order valence-corrected chi connectivity index (χ0v) is 9.81. The van der Waals surface area contributed by atoms with Gasteiger partial charge in [-0.1, -0.05) is 13.0 Å². The molecule has 0 aromatic carbocycles. The molecule has 0 aliphatic carbocycles. The monoisotopic (exact) mass is 250 g/mol. The Kier molecular flexibility index (Phi) is 4.99. The summed E-state index contributed by atoms with van der Waals surface area (Å²) in [6.07, 6.45) is -2.34. The predicted octanol–water partition coefficient (Wildman–Crippen LogP) is 1.71. The largest absolute Gasteiger partial charge is 0.412 e. The van der Waals surface area contributed by atoms with Crippen LogP contribution in [0.25, 0.3) is 0 Å². The number of hydrogen-bond acceptors (Lipinski definition) is 2. The fraction of sp³-hybridized carbons (Fsp3) is 0.727. The summed E-state index contributed by atoms with van der Waals surface area (Å²) in [5.74, 6) is -0.143. The lowest BCUT2D eigenvalue weighted by Gasteiger charge is -2.27. The molecule has 0 bridgehead atoms. The molecule has 0 saturated carbocycles. The van der Waals surface area contributed by atoms with E-state index in [0.29, 0.717) is 0 Å². The molecule has 1 N–H and O–H groups in total. The minimum absolute atomic E-state index is 0.0570. The van der Waals surface area contributed by atoms with Crippen LogP contribution in [-0.2, 0) is 4.79 Å². The van der Waals surface area contributed by atoms with Gasteiger partial charge >= 0.3 is 6.18 Å². The maximum absolute atomic E-state index is 12.3. The summed E-state index contributed by atoms with van der Waals surface area (Å²) in [7, 11) is 0. The highest BCUT2D eigenvalue weighted by molar-refractivity contribution is 5.78. The van der Waals surface area contributed by atoms with E-state index in [1.165, 1.54) is 4.90 Å². The first-order valence-electron chi connectivity index (χ1n) is 5.70. The first-order chi connectivity index (χ1) is 7.95. The van der Waals surface area contributed by atoms with E-state index in [9.17, 15) is 18.0 Å². The van der Waals surface area contributed by atoms with Gasteiger partial charge in [0.25, 0.3) is 0 Å². The van der Waals surface area contributed by atoms with Crippen LogP contribution >= 0.6 is 0 Å². The molecule has 98 valence electrons. The number of carbonyl (C=O) groups excluding carboxylic acids is 1. The van der Waals surface area contributed by atoms with Gasteiger partial charge in [-0.15, -0.1) is 0 Å². The SMILES string of the molecule is CCCNCC(=O)N1CC=C(C(F)(F)F)CC1. The average Bonchev–Trinajstić information content (AvgIpc) is 2.28. The molecule has 0 radical (unpaired) electrons. The van der Waals surface area contributed by atoms with E-state index in [2.05, 4.69) is 5.32 Å². The van der Waals surface area contributed by atoms with Gasteiger partial charge in [0.2, 0.25) is 5.91 Å². The number of hydrogen-bond donors (Lipinski definition) is 1. The van der Waals surface area contributed by atoms with Crippen molar-refractivity contribution in [3.63, 3.8) is 0 Å². The number of alkyl halides is 3. The Labute approximate surface area is 98.7 Å². The number of halogens is 3. The number of nitrogens with one attached hydrogen (secondary N) is 1. The van der Waals surface area contributed by atoms with E-state index >= 15 is 0 Å². The summed E-state index contributed by atoms with van der Waals surface area (Å²) in [6, 6.07) is 0. The van der Waals surface area contributed by atoms with Crippen molar-refractivity contribution in [3.05, 3.63) is 11.6 Å². The summed E-state index contributed by atoms with van der Waals surface area (Å²) in [5.41, 5.74) is -0.525. The minimum Gasteiger partial charge on any atom is -0.338 e. The molecule has 17 heavy (non-hydrogen) atoms. The topological polar surface area (TPSA) is 32.3 Å². The summed E-state index contributed by atoms with van der Waals surface area (Å²) >= 11 is 0. The summed E-state index contributed by atoms with van der Waals surface area (Å²) in [4.78, 5) is 13.0. The Bertz CT molecular complexity index is 300. The summed E-state index contributed by atoms with van der Waals surface area (Å²) in [5, 5.41) is 2.94. The van der Waals surface area contributed by atoms with Crippen molar-refractivity contribution in [3.8, 4) is 0 Å². The van der Waals surface area contributed by atoms with Crippen molar-refractivity contribution in [1.29, 1.82) is 0 Å². The zero-order chi connectivity index (χ0) is 12.9. The van der Waals surface area contributed by atoms with Crippen molar-refractivity contribution in [2.45, 2.75) is 25.9 Å². The Balaban J connectivity index is 2.41. The molecule has 1 amide bonds. The number of nitrogens with zero attached hydrogens (tertiary/aromatic N) is 1. The molecule has 0 unspecified atom stereocenters. The lowest BCUT2D eigenvalue weighted by Crippen LogP contribution is -2.41. The second-order valence-corrected chi connectivity index (χ2v) is 3.99. The van der Waals surface area contributed by atoms with Crippen molar-refractivity contribution in [1.82, 2.24) is 10.2 Å². The van der Waals surface area contributed by atoms with E-state index in [4.69, 9.17) is 0 Å². The highest BCUT2D eigenvalue weighted by Crippen LogP contribution is 2.29. The third kappa shape index (κ3) is 4.38. The first-order valence-corrected chi connectivity index (χ1v) is 5.70. The van der Waals surface area contributed by atoms with Crippen LogP contribution in [-0.4, -0.2) is 43.2 Å². The Hall–Kier alpha value is -1.04. The van der Waals surface area contributed by atoms with Crippen LogP contribution < -0.4 is 5.32 Å². The van der Waals surface area contributed by atoms with Gasteiger partial charge in [0.1, 0.15) is 0 Å². The van der Waals surface area contributed by atoms with Crippen LogP contribution in [0.5, 0.6) is 0 Å². The van der Waals surface area contributed by atoms with E-state index < -0.39 is 11.7 Å². The fourth-order valence-electron chi connectivity index (χ4n) is 1.64. The van der Waals surface area contributed by atoms with Gasteiger partial charge < -0.3 is 10.2 Å². The summed E-state index contributed by atoms with van der Waals surface area (Å²) < 4.78 is 37.0. The highest BCUT2D eigenvalue weighted by Gasteiger charge is 2.35. The van der Waals surface area contributed by atoms with Gasteiger partial charge in [0.05, 0.1) is 6.54 Å². The smallest absolute Gasteiger partial charge is 0.338 e. The molecule has 1 rings (SSSR count). The molecule has 0 fully saturated rings. The third-order valence-corrected chi connectivity index (χ3v) is 2.63. The molecule has 6 heteroatoms. The van der Waals surface area contributed by atoms with Crippen molar-refractivity contribution >= 4 is 5.91 Å². The Morgan fingerprint density at radius 3 is 2.71 bits per heavy atom.